The molecule has 0 radical (unpaired) electrons. The molecule has 25 heteroatoms. The molecule has 4 aliphatic heterocycles. The van der Waals surface area contributed by atoms with E-state index >= 15 is 0 Å². The lowest BCUT2D eigenvalue weighted by Gasteiger charge is -2.72. The minimum Gasteiger partial charge on any atom is -0.384 e. The van der Waals surface area contributed by atoms with Crippen molar-refractivity contribution in [1.82, 2.24) is 29.6 Å². The molecule has 482 valence electrons. The van der Waals surface area contributed by atoms with Crippen LogP contribution in [-0.4, -0.2) is 167 Å². The normalized spacial score (nSPS) is 23.4. The van der Waals surface area contributed by atoms with Gasteiger partial charge in [0.05, 0.1) is 21.7 Å². The molecule has 2 bridgehead atoms. The number of hydrogen-bond donors (Lipinski definition) is 4. The summed E-state index contributed by atoms with van der Waals surface area (Å²) in [4.78, 5) is 86.1. The van der Waals surface area contributed by atoms with Crippen LogP contribution in [0.25, 0.3) is 0 Å². The maximum absolute atomic E-state index is 14.5. The Labute approximate surface area is 528 Å². The Bertz CT molecular complexity index is 3700. The van der Waals surface area contributed by atoms with Crippen molar-refractivity contribution in [2.75, 3.05) is 93.3 Å². The minimum atomic E-state index is -6.16. The maximum Gasteiger partial charge on any atom is 0.501 e. The highest BCUT2D eigenvalue weighted by Crippen LogP contribution is 2.77. The van der Waals surface area contributed by atoms with Gasteiger partial charge in [0, 0.05) is 118 Å². The Kier molecular flexibility index (Phi) is 18.5. The molecule has 0 aromatic heterocycles. The third-order valence-electron chi connectivity index (χ3n) is 19.2. The van der Waals surface area contributed by atoms with E-state index in [0.29, 0.717) is 86.5 Å². The van der Waals surface area contributed by atoms with Crippen LogP contribution >= 0.6 is 11.8 Å². The molecule has 4 aliphatic carbocycles. The van der Waals surface area contributed by atoms with Gasteiger partial charge in [-0.1, -0.05) is 56.2 Å². The first-order chi connectivity index (χ1) is 42.7. The smallest absolute Gasteiger partial charge is 0.384 e. The van der Waals surface area contributed by atoms with Crippen LogP contribution in [-0.2, 0) is 34.2 Å². The lowest BCUT2D eigenvalue weighted by Crippen LogP contribution is -2.61. The van der Waals surface area contributed by atoms with Crippen LogP contribution in [0.2, 0.25) is 0 Å². The molecule has 90 heavy (non-hydrogen) atoms. The molecule has 6 fully saturated rings. The number of hydrogen-bond acceptors (Lipinski definition) is 16. The van der Waals surface area contributed by atoms with Gasteiger partial charge in [-0.15, -0.1) is 11.8 Å². The van der Waals surface area contributed by atoms with Crippen molar-refractivity contribution in [3.63, 3.8) is 0 Å². The van der Waals surface area contributed by atoms with Gasteiger partial charge in [0.25, 0.3) is 37.6 Å². The van der Waals surface area contributed by atoms with Gasteiger partial charge >= 0.3 is 5.51 Å². The van der Waals surface area contributed by atoms with Gasteiger partial charge in [0.2, 0.25) is 17.7 Å². The van der Waals surface area contributed by atoms with Crippen molar-refractivity contribution in [2.24, 2.45) is 16.2 Å². The van der Waals surface area contributed by atoms with Crippen molar-refractivity contribution in [1.29, 1.82) is 0 Å². The van der Waals surface area contributed by atoms with E-state index in [9.17, 15) is 58.8 Å². The number of fused-ring (bicyclic) bond motifs is 1. The quantitative estimate of drug-likeness (QED) is 0.0235. The Morgan fingerprint density at radius 1 is 0.778 bits per heavy atom. The molecule has 4 N–H and O–H groups in total. The molecule has 12 rings (SSSR count). The molecule has 4 heterocycles. The Morgan fingerprint density at radius 2 is 1.48 bits per heavy atom. The lowest BCUT2D eigenvalue weighted by atomic mass is 9.33. The molecule has 19 nitrogen and oxygen atoms in total. The Hall–Kier alpha value is -6.80. The molecule has 0 spiro atoms. The molecular weight excluding hydrogens is 1220 g/mol. The highest BCUT2D eigenvalue weighted by Gasteiger charge is 2.67. The standard InChI is InChI=1S/C65H78F3N9O10S3/c1-62(2)25-23-44(50(37-62)64-40-63(3,41-64)42-64)38-74-30-32-75(33-31-74)46-17-15-43(16-18-46)58(80)72-90(86,87)48-19-20-51(54(36-48)89(84,85)65(66,67)68)70-45(39-88-47-10-5-4-6-11-47)24-27-73-28-34-76(35-29-73)56(79)14-7-8-26-69-52-13-9-12-49-57(52)61(83)77(60(49)82)53-21-22-55(78)71-59(53)81/h4-6,9-13,15-20,36,45,53,69-70H,7-8,14,21-35,37-42H2,1-3H3,(H,72,80)(H,71,78,81)/t45-,53?,63?,64?/m1/s1. The summed E-state index contributed by atoms with van der Waals surface area (Å²) in [5, 5.41) is 8.40. The number of halogens is 3. The van der Waals surface area contributed by atoms with Crippen LogP contribution in [0.1, 0.15) is 129 Å². The predicted molar refractivity (Wildman–Crippen MR) is 336 cm³/mol. The van der Waals surface area contributed by atoms with Crippen molar-refractivity contribution >= 4 is 84.1 Å². The van der Waals surface area contributed by atoms with Crippen LogP contribution in [0.4, 0.5) is 30.2 Å². The molecule has 1 unspecified atom stereocenters. The second kappa shape index (κ2) is 25.7. The number of imide groups is 2. The van der Waals surface area contributed by atoms with Gasteiger partial charge in [-0.05, 0) is 147 Å². The van der Waals surface area contributed by atoms with Crippen LogP contribution in [0.15, 0.2) is 117 Å². The fourth-order valence-electron chi connectivity index (χ4n) is 14.5. The number of thioether (sulfide) groups is 1. The zero-order chi connectivity index (χ0) is 64.0. The molecule has 6 amide bonds. The van der Waals surface area contributed by atoms with Gasteiger partial charge in [-0.3, -0.25) is 48.8 Å². The molecular formula is C65H78F3N9O10S3. The largest absolute Gasteiger partial charge is 0.501 e. The van der Waals surface area contributed by atoms with Crippen LogP contribution in [0, 0.1) is 16.2 Å². The van der Waals surface area contributed by atoms with Crippen molar-refractivity contribution < 1.29 is 58.8 Å². The van der Waals surface area contributed by atoms with E-state index in [4.69, 9.17) is 0 Å². The number of benzene rings is 4. The Balaban J connectivity index is 0.675. The fraction of sp³-hybridized carbons (Fsp3) is 0.508. The van der Waals surface area contributed by atoms with Gasteiger partial charge in [0.1, 0.15) is 10.9 Å². The van der Waals surface area contributed by atoms with Gasteiger partial charge in [0.15, 0.2) is 0 Å². The number of carbonyl (C=O) groups is 6. The summed E-state index contributed by atoms with van der Waals surface area (Å²) in [6, 6.07) is 21.1. The second-order valence-corrected chi connectivity index (χ2v) is 31.1. The van der Waals surface area contributed by atoms with Crippen molar-refractivity contribution in [3.05, 3.63) is 119 Å². The first-order valence-electron chi connectivity index (χ1n) is 31.0. The molecule has 3 saturated heterocycles. The summed E-state index contributed by atoms with van der Waals surface area (Å²) in [7, 11) is -11.1. The average molecular weight is 1300 g/mol. The van der Waals surface area contributed by atoms with E-state index in [0.717, 1.165) is 66.8 Å². The Morgan fingerprint density at radius 3 is 2.16 bits per heavy atom. The topological polar surface area (TPSA) is 235 Å². The number of unbranched alkanes of at least 4 members (excludes halogenated alkanes) is 1. The van der Waals surface area contributed by atoms with E-state index in [1.165, 1.54) is 62.1 Å². The number of allylic oxidation sites excluding steroid dienone is 1. The number of piperazine rings is 2. The maximum atomic E-state index is 14.5. The number of carbonyl (C=O) groups excluding carboxylic acids is 6. The monoisotopic (exact) mass is 1300 g/mol. The number of sulfone groups is 1. The minimum absolute atomic E-state index is 0.00474. The summed E-state index contributed by atoms with van der Waals surface area (Å²) < 4.78 is 99.9. The van der Waals surface area contributed by atoms with E-state index < -0.39 is 82.5 Å². The first-order valence-corrected chi connectivity index (χ1v) is 35.0. The fourth-order valence-corrected chi connectivity index (χ4v) is 17.5. The third-order valence-corrected chi connectivity index (χ3v) is 23.2. The number of amides is 6. The summed E-state index contributed by atoms with van der Waals surface area (Å²) in [5.74, 6) is -3.23. The molecule has 2 atom stereocenters. The number of alkyl halides is 3. The number of nitrogens with one attached hydrogen (secondary N) is 4. The second-order valence-electron chi connectivity index (χ2n) is 26.4. The summed E-state index contributed by atoms with van der Waals surface area (Å²) in [5.41, 5.74) is -0.0794. The highest BCUT2D eigenvalue weighted by molar-refractivity contribution is 7.99. The van der Waals surface area contributed by atoms with Crippen LogP contribution < -0.4 is 25.6 Å². The number of sulfonamides is 1. The van der Waals surface area contributed by atoms with Gasteiger partial charge in [-0.25, -0.2) is 21.6 Å². The van der Waals surface area contributed by atoms with Crippen molar-refractivity contribution in [2.45, 2.75) is 130 Å². The van der Waals surface area contributed by atoms with Crippen LogP contribution in [0.3, 0.4) is 0 Å². The number of rotatable bonds is 23. The SMILES string of the molecule is CC1(C)CCC(CN2CCN(c3ccc(C(=O)NS(=O)(=O)c4ccc(N[C@H](CCN5CCN(C(=O)CCCCNc6cccc7c6C(=O)N(C6CCC(=O)NC6=O)C7=O)CC5)CSc5ccccc5)c(S(=O)(=O)C(F)(F)F)c4)cc3)CC2)=C(C23CC(C)(C2)C3)C1. The summed E-state index contributed by atoms with van der Waals surface area (Å²) in [6.45, 7) is 14.0. The van der Waals surface area contributed by atoms with Crippen molar-refractivity contribution in [3.8, 4) is 0 Å². The van der Waals surface area contributed by atoms with Gasteiger partial charge < -0.3 is 20.4 Å². The summed E-state index contributed by atoms with van der Waals surface area (Å²) in [6.07, 6.45) is 9.15. The van der Waals surface area contributed by atoms with E-state index in [1.54, 1.807) is 40.3 Å². The molecule has 3 saturated carbocycles. The number of nitrogens with zero attached hydrogens (tertiary/aromatic N) is 5. The highest BCUT2D eigenvalue weighted by atomic mass is 32.2. The number of anilines is 3. The first kappa shape index (κ1) is 64.7. The molecule has 4 aromatic rings. The molecule has 8 aliphatic rings. The van der Waals surface area contributed by atoms with E-state index in [2.05, 4.69) is 51.4 Å². The predicted octanol–water partition coefficient (Wildman–Crippen LogP) is 8.71. The third kappa shape index (κ3) is 13.8. The van der Waals surface area contributed by atoms with Gasteiger partial charge in [-0.2, -0.15) is 13.2 Å². The van der Waals surface area contributed by atoms with Crippen LogP contribution in [0.5, 0.6) is 0 Å². The summed E-state index contributed by atoms with van der Waals surface area (Å²) >= 11 is 1.40. The van der Waals surface area contributed by atoms with E-state index in [1.807, 2.05) is 35.1 Å². The van der Waals surface area contributed by atoms with E-state index in [-0.39, 0.29) is 47.6 Å². The molecule has 4 aromatic carbocycles. The average Bonchev–Trinajstić information content (AvgIpc) is 0.803. The zero-order valence-electron chi connectivity index (χ0n) is 51.0. The zero-order valence-corrected chi connectivity index (χ0v) is 53.4. The lowest BCUT2D eigenvalue weighted by molar-refractivity contribution is -0.167. The number of piperidine rings is 1.